The predicted octanol–water partition coefficient (Wildman–Crippen LogP) is 4.62. The lowest BCUT2D eigenvalue weighted by atomic mass is 10.2. The van der Waals surface area contributed by atoms with Gasteiger partial charge in [-0.05, 0) is 36.8 Å². The maximum Gasteiger partial charge on any atom is 0.151 e. The van der Waals surface area contributed by atoms with Crippen LogP contribution < -0.4 is 10.6 Å². The number of rotatable bonds is 3. The second-order valence-electron chi connectivity index (χ2n) is 4.04. The van der Waals surface area contributed by atoms with Crippen LogP contribution in [0.25, 0.3) is 0 Å². The SMILES string of the molecule is CNc1nc(Nc2cc(C)cc(F)c2)c(Cl)cc1Cl. The number of nitrogens with zero attached hydrogens (tertiary/aromatic N) is 1. The van der Waals surface area contributed by atoms with E-state index in [1.54, 1.807) is 19.2 Å². The number of halogens is 3. The van der Waals surface area contributed by atoms with Crippen molar-refractivity contribution in [2.75, 3.05) is 17.7 Å². The summed E-state index contributed by atoms with van der Waals surface area (Å²) in [4.78, 5) is 4.24. The third-order valence-electron chi connectivity index (χ3n) is 2.47. The van der Waals surface area contributed by atoms with Crippen LogP contribution in [-0.2, 0) is 0 Å². The van der Waals surface area contributed by atoms with Gasteiger partial charge in [-0.15, -0.1) is 0 Å². The molecule has 0 spiro atoms. The Hall–Kier alpha value is -1.52. The zero-order chi connectivity index (χ0) is 14.0. The molecular weight excluding hydrogens is 288 g/mol. The highest BCUT2D eigenvalue weighted by Gasteiger charge is 2.09. The number of hydrogen-bond donors (Lipinski definition) is 2. The minimum Gasteiger partial charge on any atom is -0.372 e. The van der Waals surface area contributed by atoms with E-state index in [-0.39, 0.29) is 5.82 Å². The third-order valence-corrected chi connectivity index (χ3v) is 3.05. The quantitative estimate of drug-likeness (QED) is 0.868. The summed E-state index contributed by atoms with van der Waals surface area (Å²) in [6.07, 6.45) is 0. The van der Waals surface area contributed by atoms with E-state index in [0.29, 0.717) is 27.4 Å². The second-order valence-corrected chi connectivity index (χ2v) is 4.86. The van der Waals surface area contributed by atoms with Crippen LogP contribution in [0.15, 0.2) is 24.3 Å². The molecular formula is C13H12Cl2FN3. The molecule has 0 aliphatic heterocycles. The molecule has 1 heterocycles. The van der Waals surface area contributed by atoms with Gasteiger partial charge in [0.05, 0.1) is 10.0 Å². The predicted molar refractivity (Wildman–Crippen MR) is 78.2 cm³/mol. The van der Waals surface area contributed by atoms with Crippen molar-refractivity contribution in [1.82, 2.24) is 4.98 Å². The average Bonchev–Trinajstić information content (AvgIpc) is 2.31. The van der Waals surface area contributed by atoms with Crippen molar-refractivity contribution < 1.29 is 4.39 Å². The van der Waals surface area contributed by atoms with Gasteiger partial charge in [-0.25, -0.2) is 9.37 Å². The third kappa shape index (κ3) is 3.28. The Morgan fingerprint density at radius 3 is 2.37 bits per heavy atom. The van der Waals surface area contributed by atoms with Crippen LogP contribution in [0.4, 0.5) is 21.7 Å². The van der Waals surface area contributed by atoms with E-state index in [2.05, 4.69) is 15.6 Å². The fourth-order valence-corrected chi connectivity index (χ4v) is 2.18. The molecule has 6 heteroatoms. The number of benzene rings is 1. The zero-order valence-corrected chi connectivity index (χ0v) is 11.9. The van der Waals surface area contributed by atoms with Gasteiger partial charge in [-0.3, -0.25) is 0 Å². The highest BCUT2D eigenvalue weighted by Crippen LogP contribution is 2.31. The van der Waals surface area contributed by atoms with Crippen LogP contribution in [0.1, 0.15) is 5.56 Å². The summed E-state index contributed by atoms with van der Waals surface area (Å²) in [5.41, 5.74) is 1.39. The molecule has 0 amide bonds. The summed E-state index contributed by atoms with van der Waals surface area (Å²) in [6.45, 7) is 1.81. The van der Waals surface area contributed by atoms with Crippen molar-refractivity contribution in [1.29, 1.82) is 0 Å². The Morgan fingerprint density at radius 1 is 1.05 bits per heavy atom. The lowest BCUT2D eigenvalue weighted by molar-refractivity contribution is 0.627. The molecule has 0 aliphatic rings. The minimum absolute atomic E-state index is 0.318. The van der Waals surface area contributed by atoms with E-state index in [0.717, 1.165) is 5.56 Å². The molecule has 0 saturated carbocycles. The van der Waals surface area contributed by atoms with Gasteiger partial charge in [0.25, 0.3) is 0 Å². The fraction of sp³-hybridized carbons (Fsp3) is 0.154. The normalized spacial score (nSPS) is 10.4. The van der Waals surface area contributed by atoms with Crippen molar-refractivity contribution in [3.63, 3.8) is 0 Å². The number of hydrogen-bond acceptors (Lipinski definition) is 3. The summed E-state index contributed by atoms with van der Waals surface area (Å²) in [5.74, 6) is 0.600. The molecule has 3 nitrogen and oxygen atoms in total. The smallest absolute Gasteiger partial charge is 0.151 e. The lowest BCUT2D eigenvalue weighted by Crippen LogP contribution is -2.00. The van der Waals surface area contributed by atoms with Crippen LogP contribution in [0.5, 0.6) is 0 Å². The summed E-state index contributed by atoms with van der Waals surface area (Å²) in [7, 11) is 1.71. The highest BCUT2D eigenvalue weighted by atomic mass is 35.5. The van der Waals surface area contributed by atoms with Crippen LogP contribution in [0, 0.1) is 12.7 Å². The van der Waals surface area contributed by atoms with E-state index in [4.69, 9.17) is 23.2 Å². The van der Waals surface area contributed by atoms with E-state index in [1.807, 2.05) is 6.92 Å². The van der Waals surface area contributed by atoms with E-state index < -0.39 is 0 Å². The maximum absolute atomic E-state index is 13.3. The van der Waals surface area contributed by atoms with Crippen LogP contribution in [0.3, 0.4) is 0 Å². The van der Waals surface area contributed by atoms with Crippen molar-refractivity contribution in [2.45, 2.75) is 6.92 Å². The second kappa shape index (κ2) is 5.63. The molecule has 0 unspecified atom stereocenters. The summed E-state index contributed by atoms with van der Waals surface area (Å²) < 4.78 is 13.3. The van der Waals surface area contributed by atoms with Gasteiger partial charge in [-0.2, -0.15) is 0 Å². The van der Waals surface area contributed by atoms with Crippen molar-refractivity contribution in [2.24, 2.45) is 0 Å². The number of pyridine rings is 1. The monoisotopic (exact) mass is 299 g/mol. The molecule has 2 aromatic rings. The molecule has 100 valence electrons. The number of aryl methyl sites for hydroxylation is 1. The van der Waals surface area contributed by atoms with Crippen molar-refractivity contribution in [3.05, 3.63) is 45.7 Å². The maximum atomic E-state index is 13.3. The van der Waals surface area contributed by atoms with E-state index >= 15 is 0 Å². The summed E-state index contributed by atoms with van der Waals surface area (Å²) >= 11 is 12.0. The van der Waals surface area contributed by atoms with Gasteiger partial charge >= 0.3 is 0 Å². The first-order valence-corrected chi connectivity index (χ1v) is 6.33. The Labute approximate surface area is 120 Å². The van der Waals surface area contributed by atoms with Crippen LogP contribution >= 0.6 is 23.2 Å². The molecule has 1 aromatic heterocycles. The van der Waals surface area contributed by atoms with Crippen LogP contribution in [-0.4, -0.2) is 12.0 Å². The van der Waals surface area contributed by atoms with Crippen LogP contribution in [0.2, 0.25) is 10.0 Å². The van der Waals surface area contributed by atoms with E-state index in [1.165, 1.54) is 12.1 Å². The molecule has 2 N–H and O–H groups in total. The number of anilines is 3. The van der Waals surface area contributed by atoms with Gasteiger partial charge in [0, 0.05) is 12.7 Å². The largest absolute Gasteiger partial charge is 0.372 e. The number of aromatic nitrogens is 1. The first-order chi connectivity index (χ1) is 8.99. The molecule has 0 aliphatic carbocycles. The van der Waals surface area contributed by atoms with Crippen molar-refractivity contribution in [3.8, 4) is 0 Å². The highest BCUT2D eigenvalue weighted by molar-refractivity contribution is 6.37. The van der Waals surface area contributed by atoms with Gasteiger partial charge in [-0.1, -0.05) is 23.2 Å². The zero-order valence-electron chi connectivity index (χ0n) is 10.4. The van der Waals surface area contributed by atoms with Gasteiger partial charge in [0.15, 0.2) is 5.82 Å². The van der Waals surface area contributed by atoms with Gasteiger partial charge in [0.1, 0.15) is 11.6 Å². The molecule has 0 atom stereocenters. The first kappa shape index (κ1) is 13.9. The molecule has 0 bridgehead atoms. The Morgan fingerprint density at radius 2 is 1.74 bits per heavy atom. The summed E-state index contributed by atoms with van der Waals surface area (Å²) in [5, 5.41) is 6.62. The standard InChI is InChI=1S/C13H12Cl2FN3/c1-7-3-8(16)5-9(4-7)18-13-11(15)6-10(14)12(17-2)19-13/h3-6H,1-2H3,(H2,17,18,19). The molecule has 0 saturated heterocycles. The Balaban J connectivity index is 2.37. The minimum atomic E-state index is -0.318. The summed E-state index contributed by atoms with van der Waals surface area (Å²) in [6, 6.07) is 6.20. The van der Waals surface area contributed by atoms with Crippen molar-refractivity contribution >= 4 is 40.5 Å². The van der Waals surface area contributed by atoms with Gasteiger partial charge < -0.3 is 10.6 Å². The lowest BCUT2D eigenvalue weighted by Gasteiger charge is -2.11. The Kier molecular flexibility index (Phi) is 4.12. The molecule has 1 aromatic carbocycles. The fourth-order valence-electron chi connectivity index (χ4n) is 1.67. The molecule has 2 rings (SSSR count). The topological polar surface area (TPSA) is 37.0 Å². The molecule has 0 fully saturated rings. The average molecular weight is 300 g/mol. The first-order valence-electron chi connectivity index (χ1n) is 5.57. The van der Waals surface area contributed by atoms with E-state index in [9.17, 15) is 4.39 Å². The molecule has 0 radical (unpaired) electrons. The Bertz CT molecular complexity index is 597. The van der Waals surface area contributed by atoms with Gasteiger partial charge in [0.2, 0.25) is 0 Å². The number of nitrogens with one attached hydrogen (secondary N) is 2. The molecule has 19 heavy (non-hydrogen) atoms.